The van der Waals surface area contributed by atoms with Crippen LogP contribution in [-0.2, 0) is 9.59 Å². The maximum absolute atomic E-state index is 12.8. The Kier molecular flexibility index (Phi) is 7.34. The predicted octanol–water partition coefficient (Wildman–Crippen LogP) is 4.33. The molecule has 2 aromatic rings. The number of furan rings is 1. The molecule has 0 aliphatic carbocycles. The summed E-state index contributed by atoms with van der Waals surface area (Å²) in [6, 6.07) is 7.47. The zero-order chi connectivity index (χ0) is 21.1. The second kappa shape index (κ2) is 9.57. The molecule has 10 heteroatoms. The minimum absolute atomic E-state index is 0.188. The molecule has 0 radical (unpaired) electrons. The molecule has 0 spiro atoms. The third-order valence-corrected chi connectivity index (χ3v) is 6.82. The van der Waals surface area contributed by atoms with Crippen LogP contribution < -0.4 is 5.11 Å². The first-order valence-corrected chi connectivity index (χ1v) is 11.7. The van der Waals surface area contributed by atoms with Gasteiger partial charge in [0.1, 0.15) is 15.8 Å². The molecule has 3 rings (SSSR count). The molecule has 29 heavy (non-hydrogen) atoms. The molecule has 1 aliphatic heterocycles. The van der Waals surface area contributed by atoms with Crippen LogP contribution in [0.5, 0.6) is 0 Å². The number of carbonyl (C=O) groups is 2. The van der Waals surface area contributed by atoms with E-state index in [-0.39, 0.29) is 10.7 Å². The lowest BCUT2D eigenvalue weighted by Crippen LogP contribution is -2.50. The van der Waals surface area contributed by atoms with Gasteiger partial charge in [-0.05, 0) is 48.8 Å². The molecule has 2 heterocycles. The monoisotopic (exact) mass is 486 g/mol. The van der Waals surface area contributed by atoms with E-state index in [0.717, 1.165) is 22.2 Å². The van der Waals surface area contributed by atoms with Gasteiger partial charge in [0.25, 0.3) is 5.91 Å². The van der Waals surface area contributed by atoms with Gasteiger partial charge in [-0.15, -0.1) is 0 Å². The summed E-state index contributed by atoms with van der Waals surface area (Å²) >= 11 is 19.7. The zero-order valence-electron chi connectivity index (χ0n) is 15.0. The summed E-state index contributed by atoms with van der Waals surface area (Å²) in [5.74, 6) is -0.238. The van der Waals surface area contributed by atoms with Gasteiger partial charge in [0, 0.05) is 11.6 Å². The smallest absolute Gasteiger partial charge is 0.266 e. The normalized spacial score (nSPS) is 16.7. The van der Waals surface area contributed by atoms with Crippen LogP contribution in [0.1, 0.15) is 12.2 Å². The van der Waals surface area contributed by atoms with Crippen LogP contribution >= 0.6 is 58.9 Å². The van der Waals surface area contributed by atoms with E-state index in [1.807, 2.05) is 6.26 Å². The number of thioether (sulfide) groups is 2. The quantitative estimate of drug-likeness (QED) is 0.425. The summed E-state index contributed by atoms with van der Waals surface area (Å²) in [5.41, 5.74) is 0.737. The number of nitrogens with zero attached hydrogens (tertiary/aromatic N) is 1. The molecule has 1 fully saturated rings. The van der Waals surface area contributed by atoms with Gasteiger partial charge in [0.2, 0.25) is 0 Å². The van der Waals surface area contributed by atoms with Gasteiger partial charge in [-0.3, -0.25) is 9.69 Å². The SMILES string of the molecule is CSCC[C@@H](C(=O)[O-])N1C(=O)/C(=C\c2ccc(-c3ccc(Cl)c(Cl)c3)o2)SC1=S. The number of carbonyl (C=O) groups excluding carboxylic acids is 2. The maximum atomic E-state index is 12.8. The van der Waals surface area contributed by atoms with Crippen LogP contribution in [0.2, 0.25) is 10.0 Å². The Morgan fingerprint density at radius 1 is 1.34 bits per heavy atom. The molecule has 1 aromatic carbocycles. The van der Waals surface area contributed by atoms with Gasteiger partial charge in [0.05, 0.1) is 27.0 Å². The lowest BCUT2D eigenvalue weighted by atomic mass is 10.2. The molecular formula is C19H14Cl2NO4S3-. The Hall–Kier alpha value is -1.45. The fourth-order valence-electron chi connectivity index (χ4n) is 2.69. The average Bonchev–Trinajstić information content (AvgIpc) is 3.24. The predicted molar refractivity (Wildman–Crippen MR) is 121 cm³/mol. The Bertz CT molecular complexity index is 1010. The number of hydrogen-bond donors (Lipinski definition) is 0. The fourth-order valence-corrected chi connectivity index (χ4v) is 4.79. The summed E-state index contributed by atoms with van der Waals surface area (Å²) in [6.07, 6.45) is 3.66. The minimum Gasteiger partial charge on any atom is -0.548 e. The van der Waals surface area contributed by atoms with E-state index in [1.54, 1.807) is 36.4 Å². The van der Waals surface area contributed by atoms with Crippen molar-refractivity contribution in [3.63, 3.8) is 0 Å². The number of halogens is 2. The number of rotatable bonds is 7. The van der Waals surface area contributed by atoms with Crippen molar-refractivity contribution in [1.82, 2.24) is 4.90 Å². The van der Waals surface area contributed by atoms with Crippen LogP contribution in [0.4, 0.5) is 0 Å². The summed E-state index contributed by atoms with van der Waals surface area (Å²) < 4.78 is 5.97. The van der Waals surface area contributed by atoms with E-state index < -0.39 is 17.9 Å². The Morgan fingerprint density at radius 2 is 2.10 bits per heavy atom. The zero-order valence-corrected chi connectivity index (χ0v) is 19.0. The molecule has 1 aliphatic rings. The number of thiocarbonyl (C=S) groups is 1. The topological polar surface area (TPSA) is 73.6 Å². The molecule has 1 atom stereocenters. The lowest BCUT2D eigenvalue weighted by Gasteiger charge is -2.27. The van der Waals surface area contributed by atoms with Gasteiger partial charge in [-0.25, -0.2) is 0 Å². The van der Waals surface area contributed by atoms with E-state index in [2.05, 4.69) is 0 Å². The minimum atomic E-state index is -1.32. The van der Waals surface area contributed by atoms with Crippen LogP contribution in [0, 0.1) is 0 Å². The molecule has 1 aromatic heterocycles. The largest absolute Gasteiger partial charge is 0.548 e. The van der Waals surface area contributed by atoms with Crippen LogP contribution in [0.3, 0.4) is 0 Å². The highest BCUT2D eigenvalue weighted by Crippen LogP contribution is 2.36. The first-order valence-electron chi connectivity index (χ1n) is 8.34. The summed E-state index contributed by atoms with van der Waals surface area (Å²) in [7, 11) is 0. The molecule has 0 saturated carbocycles. The third kappa shape index (κ3) is 5.00. The number of benzene rings is 1. The van der Waals surface area contributed by atoms with Crippen molar-refractivity contribution in [2.75, 3.05) is 12.0 Å². The molecular weight excluding hydrogens is 473 g/mol. The first-order chi connectivity index (χ1) is 13.8. The average molecular weight is 487 g/mol. The fraction of sp³-hybridized carbons (Fsp3) is 0.211. The Balaban J connectivity index is 1.83. The van der Waals surface area contributed by atoms with Gasteiger partial charge in [-0.1, -0.05) is 47.2 Å². The molecule has 5 nitrogen and oxygen atoms in total. The number of aliphatic carboxylic acids is 1. The van der Waals surface area contributed by atoms with Crippen molar-refractivity contribution in [3.8, 4) is 11.3 Å². The van der Waals surface area contributed by atoms with Crippen molar-refractivity contribution in [3.05, 3.63) is 51.0 Å². The van der Waals surface area contributed by atoms with E-state index >= 15 is 0 Å². The second-order valence-corrected chi connectivity index (χ2v) is 9.47. The van der Waals surface area contributed by atoms with Crippen molar-refractivity contribution in [2.24, 2.45) is 0 Å². The Labute approximate surface area is 191 Å². The summed E-state index contributed by atoms with van der Waals surface area (Å²) in [6.45, 7) is 0. The van der Waals surface area contributed by atoms with E-state index in [9.17, 15) is 14.7 Å². The maximum Gasteiger partial charge on any atom is 0.266 e. The third-order valence-electron chi connectivity index (χ3n) is 4.11. The van der Waals surface area contributed by atoms with Crippen molar-refractivity contribution in [2.45, 2.75) is 12.5 Å². The highest BCUT2D eigenvalue weighted by atomic mass is 35.5. The van der Waals surface area contributed by atoms with Gasteiger partial charge in [-0.2, -0.15) is 11.8 Å². The number of carboxylic acids is 1. The van der Waals surface area contributed by atoms with E-state index in [1.165, 1.54) is 11.8 Å². The van der Waals surface area contributed by atoms with Gasteiger partial charge >= 0.3 is 0 Å². The molecule has 1 amide bonds. The standard InChI is InChI=1S/C19H15Cl2NO4S3/c1-28-7-6-14(18(24)25)22-17(23)16(29-19(22)27)9-11-3-5-15(26-11)10-2-4-12(20)13(21)8-10/h2-5,8-9,14H,6-7H2,1H3,(H,24,25)/p-1/b16-9+/t14-/m0/s1. The summed E-state index contributed by atoms with van der Waals surface area (Å²) in [5, 5.41) is 12.4. The highest BCUT2D eigenvalue weighted by molar-refractivity contribution is 8.26. The molecule has 0 unspecified atom stereocenters. The lowest BCUT2D eigenvalue weighted by molar-refractivity contribution is -0.310. The molecule has 1 saturated heterocycles. The van der Waals surface area contributed by atoms with E-state index in [0.29, 0.717) is 32.2 Å². The van der Waals surface area contributed by atoms with Crippen LogP contribution in [0.25, 0.3) is 17.4 Å². The molecule has 0 bridgehead atoms. The van der Waals surface area contributed by atoms with E-state index in [4.69, 9.17) is 39.8 Å². The van der Waals surface area contributed by atoms with Gasteiger partial charge < -0.3 is 14.3 Å². The highest BCUT2D eigenvalue weighted by Gasteiger charge is 2.37. The number of carboxylic acid groups (broad SMARTS) is 1. The summed E-state index contributed by atoms with van der Waals surface area (Å²) in [4.78, 5) is 25.7. The molecule has 0 N–H and O–H groups in total. The van der Waals surface area contributed by atoms with Crippen molar-refractivity contribution < 1.29 is 19.1 Å². The molecule has 152 valence electrons. The van der Waals surface area contributed by atoms with Crippen molar-refractivity contribution in [1.29, 1.82) is 0 Å². The van der Waals surface area contributed by atoms with Crippen LogP contribution in [0.15, 0.2) is 39.7 Å². The number of hydrogen-bond acceptors (Lipinski definition) is 7. The van der Waals surface area contributed by atoms with Crippen LogP contribution in [-0.4, -0.2) is 39.1 Å². The number of amides is 1. The second-order valence-electron chi connectivity index (χ2n) is 6.00. The van der Waals surface area contributed by atoms with Crippen molar-refractivity contribution >= 4 is 81.2 Å². The first kappa shape index (κ1) is 22.2. The Morgan fingerprint density at radius 3 is 2.76 bits per heavy atom. The van der Waals surface area contributed by atoms with Gasteiger partial charge in [0.15, 0.2) is 0 Å².